The topological polar surface area (TPSA) is 61.0 Å². The van der Waals surface area contributed by atoms with Crippen LogP contribution < -0.4 is 10.5 Å². The van der Waals surface area contributed by atoms with E-state index in [1.165, 1.54) is 0 Å². The summed E-state index contributed by atoms with van der Waals surface area (Å²) in [5.74, 6) is 1.59. The molecule has 0 fully saturated rings. The fourth-order valence-electron chi connectivity index (χ4n) is 2.00. The van der Waals surface area contributed by atoms with Gasteiger partial charge >= 0.3 is 0 Å². The second-order valence-electron chi connectivity index (χ2n) is 4.78. The van der Waals surface area contributed by atoms with E-state index in [0.717, 1.165) is 34.7 Å². The molecule has 2 aromatic rings. The molecule has 2 rings (SSSR count). The molecule has 0 amide bonds. The lowest BCUT2D eigenvalue weighted by molar-refractivity contribution is 0.412. The number of benzene rings is 1. The summed E-state index contributed by atoms with van der Waals surface area (Å²) in [6, 6.07) is 6.05. The second-order valence-corrected chi connectivity index (χ2v) is 4.78. The molecule has 0 bridgehead atoms. The molecule has 0 saturated heterocycles. The molecule has 4 heteroatoms. The molecule has 4 nitrogen and oxygen atoms in total. The first-order valence-corrected chi connectivity index (χ1v) is 6.31. The third-order valence-corrected chi connectivity index (χ3v) is 2.92. The number of hydrogen-bond acceptors (Lipinski definition) is 4. The average Bonchev–Trinajstić information content (AvgIpc) is 2.39. The summed E-state index contributed by atoms with van der Waals surface area (Å²) in [6.07, 6.45) is 4.47. The molecule has 100 valence electrons. The maximum atomic E-state index is 5.76. The molecule has 0 radical (unpaired) electrons. The highest BCUT2D eigenvalue weighted by molar-refractivity contribution is 5.58. The number of ether oxygens (including phenoxy) is 1. The number of nitrogens with two attached hydrogens (primary N) is 1. The van der Waals surface area contributed by atoms with E-state index in [0.29, 0.717) is 0 Å². The minimum atomic E-state index is 0.123. The monoisotopic (exact) mass is 257 g/mol. The zero-order valence-corrected chi connectivity index (χ0v) is 11.6. The largest absolute Gasteiger partial charge is 0.496 e. The zero-order valence-electron chi connectivity index (χ0n) is 11.6. The Balaban J connectivity index is 2.24. The second kappa shape index (κ2) is 5.80. The van der Waals surface area contributed by atoms with Crippen LogP contribution >= 0.6 is 0 Å². The first-order chi connectivity index (χ1) is 9.10. The van der Waals surface area contributed by atoms with Crippen molar-refractivity contribution < 1.29 is 4.74 Å². The van der Waals surface area contributed by atoms with Crippen LogP contribution in [-0.2, 0) is 6.42 Å². The van der Waals surface area contributed by atoms with Crippen LogP contribution in [0.5, 0.6) is 5.75 Å². The Morgan fingerprint density at radius 1 is 1.26 bits per heavy atom. The van der Waals surface area contributed by atoms with Gasteiger partial charge in [0.2, 0.25) is 0 Å². The standard InChI is InChI=1S/C15H19N3O/c1-10-6-13(4-5-14(10)19-3)15-17-8-12(9-18-15)7-11(2)16/h4-6,8-9,11H,7,16H2,1-3H3. The molecule has 0 aliphatic carbocycles. The SMILES string of the molecule is COc1ccc(-c2ncc(CC(C)N)cn2)cc1C. The third-order valence-electron chi connectivity index (χ3n) is 2.92. The number of nitrogens with zero attached hydrogens (tertiary/aromatic N) is 2. The molecule has 0 saturated carbocycles. The van der Waals surface area contributed by atoms with Crippen LogP contribution in [0.1, 0.15) is 18.1 Å². The fraction of sp³-hybridized carbons (Fsp3) is 0.333. The molecular weight excluding hydrogens is 238 g/mol. The normalized spacial score (nSPS) is 12.2. The minimum Gasteiger partial charge on any atom is -0.496 e. The Labute approximate surface area is 113 Å². The summed E-state index contributed by atoms with van der Waals surface area (Å²) < 4.78 is 5.24. The van der Waals surface area contributed by atoms with Crippen LogP contribution in [0.25, 0.3) is 11.4 Å². The van der Waals surface area contributed by atoms with Crippen LogP contribution in [0, 0.1) is 6.92 Å². The van der Waals surface area contributed by atoms with Gasteiger partial charge in [-0.1, -0.05) is 0 Å². The van der Waals surface area contributed by atoms with E-state index in [2.05, 4.69) is 9.97 Å². The summed E-state index contributed by atoms with van der Waals surface area (Å²) in [6.45, 7) is 3.98. The first-order valence-electron chi connectivity index (χ1n) is 6.31. The fourth-order valence-corrected chi connectivity index (χ4v) is 2.00. The van der Waals surface area contributed by atoms with E-state index in [1.807, 2.05) is 44.4 Å². The van der Waals surface area contributed by atoms with E-state index < -0.39 is 0 Å². The molecule has 1 aromatic carbocycles. The highest BCUT2D eigenvalue weighted by Crippen LogP contribution is 2.23. The molecule has 1 atom stereocenters. The van der Waals surface area contributed by atoms with Gasteiger partial charge in [-0.2, -0.15) is 0 Å². The van der Waals surface area contributed by atoms with Crippen molar-refractivity contribution >= 4 is 0 Å². The van der Waals surface area contributed by atoms with Crippen LogP contribution in [0.3, 0.4) is 0 Å². The maximum Gasteiger partial charge on any atom is 0.159 e. The van der Waals surface area contributed by atoms with Crippen molar-refractivity contribution in [2.45, 2.75) is 26.3 Å². The maximum absolute atomic E-state index is 5.76. The van der Waals surface area contributed by atoms with Crippen LogP contribution in [0.15, 0.2) is 30.6 Å². The first kappa shape index (κ1) is 13.5. The zero-order chi connectivity index (χ0) is 13.8. The van der Waals surface area contributed by atoms with Crippen molar-refractivity contribution in [3.63, 3.8) is 0 Å². The van der Waals surface area contributed by atoms with Gasteiger partial charge in [-0.25, -0.2) is 9.97 Å². The molecular formula is C15H19N3O. The van der Waals surface area contributed by atoms with Crippen molar-refractivity contribution in [3.8, 4) is 17.1 Å². The third kappa shape index (κ3) is 3.29. The number of aryl methyl sites for hydroxylation is 1. The lowest BCUT2D eigenvalue weighted by atomic mass is 10.1. The van der Waals surface area contributed by atoms with Crippen LogP contribution in [-0.4, -0.2) is 23.1 Å². The van der Waals surface area contributed by atoms with Crippen LogP contribution in [0.2, 0.25) is 0 Å². The lowest BCUT2D eigenvalue weighted by Crippen LogP contribution is -2.18. The summed E-state index contributed by atoms with van der Waals surface area (Å²) >= 11 is 0. The van der Waals surface area contributed by atoms with Gasteiger partial charge < -0.3 is 10.5 Å². The average molecular weight is 257 g/mol. The van der Waals surface area contributed by atoms with Crippen molar-refractivity contribution in [1.29, 1.82) is 0 Å². The highest BCUT2D eigenvalue weighted by atomic mass is 16.5. The Morgan fingerprint density at radius 2 is 1.95 bits per heavy atom. The van der Waals surface area contributed by atoms with Crippen molar-refractivity contribution in [3.05, 3.63) is 41.7 Å². The van der Waals surface area contributed by atoms with E-state index >= 15 is 0 Å². The Hall–Kier alpha value is -1.94. The van der Waals surface area contributed by atoms with E-state index in [-0.39, 0.29) is 6.04 Å². The smallest absolute Gasteiger partial charge is 0.159 e. The molecule has 1 unspecified atom stereocenters. The van der Waals surface area contributed by atoms with E-state index in [4.69, 9.17) is 10.5 Å². The Morgan fingerprint density at radius 3 is 2.47 bits per heavy atom. The van der Waals surface area contributed by atoms with Crippen molar-refractivity contribution in [2.24, 2.45) is 5.73 Å². The van der Waals surface area contributed by atoms with Gasteiger partial charge in [0.25, 0.3) is 0 Å². The lowest BCUT2D eigenvalue weighted by Gasteiger charge is -2.08. The molecule has 0 spiro atoms. The van der Waals surface area contributed by atoms with Gasteiger partial charge in [0.05, 0.1) is 7.11 Å². The van der Waals surface area contributed by atoms with Crippen molar-refractivity contribution in [1.82, 2.24) is 9.97 Å². The predicted molar refractivity (Wildman–Crippen MR) is 76.1 cm³/mol. The number of hydrogen-bond donors (Lipinski definition) is 1. The van der Waals surface area contributed by atoms with Gasteiger partial charge in [0, 0.05) is 24.0 Å². The molecule has 0 aliphatic heterocycles. The minimum absolute atomic E-state index is 0.123. The molecule has 1 heterocycles. The molecule has 0 aliphatic rings. The number of methoxy groups -OCH3 is 1. The van der Waals surface area contributed by atoms with Gasteiger partial charge in [-0.3, -0.25) is 0 Å². The Bertz CT molecular complexity index is 550. The van der Waals surface area contributed by atoms with Gasteiger partial charge in [-0.05, 0) is 49.6 Å². The summed E-state index contributed by atoms with van der Waals surface area (Å²) in [4.78, 5) is 8.78. The van der Waals surface area contributed by atoms with E-state index in [1.54, 1.807) is 7.11 Å². The highest BCUT2D eigenvalue weighted by Gasteiger charge is 2.05. The van der Waals surface area contributed by atoms with E-state index in [9.17, 15) is 0 Å². The van der Waals surface area contributed by atoms with Crippen LogP contribution in [0.4, 0.5) is 0 Å². The van der Waals surface area contributed by atoms with Gasteiger partial charge in [0.1, 0.15) is 5.75 Å². The Kier molecular flexibility index (Phi) is 4.12. The molecule has 2 N–H and O–H groups in total. The van der Waals surface area contributed by atoms with Crippen molar-refractivity contribution in [2.75, 3.05) is 7.11 Å². The molecule has 19 heavy (non-hydrogen) atoms. The van der Waals surface area contributed by atoms with Gasteiger partial charge in [-0.15, -0.1) is 0 Å². The van der Waals surface area contributed by atoms with Gasteiger partial charge in [0.15, 0.2) is 5.82 Å². The quantitative estimate of drug-likeness (QED) is 0.913. The summed E-state index contributed by atoms with van der Waals surface area (Å²) in [7, 11) is 1.67. The number of rotatable bonds is 4. The summed E-state index contributed by atoms with van der Waals surface area (Å²) in [5, 5.41) is 0. The summed E-state index contributed by atoms with van der Waals surface area (Å²) in [5.41, 5.74) is 8.88. The number of aromatic nitrogens is 2. The predicted octanol–water partition coefficient (Wildman–Crippen LogP) is 2.35. The molecule has 1 aromatic heterocycles.